The van der Waals surface area contributed by atoms with E-state index < -0.39 is 0 Å². The maximum absolute atomic E-state index is 5.76. The van der Waals surface area contributed by atoms with Gasteiger partial charge in [-0.05, 0) is 27.6 Å². The molecule has 0 fully saturated rings. The highest BCUT2D eigenvalue weighted by Crippen LogP contribution is 2.47. The average Bonchev–Trinajstić information content (AvgIpc) is 2.43. The van der Waals surface area contributed by atoms with Crippen molar-refractivity contribution < 1.29 is 0 Å². The summed E-state index contributed by atoms with van der Waals surface area (Å²) in [6.07, 6.45) is 0. The van der Waals surface area contributed by atoms with Crippen LogP contribution in [0, 0.1) is 0 Å². The lowest BCUT2D eigenvalue weighted by Gasteiger charge is -2.11. The predicted molar refractivity (Wildman–Crippen MR) is 61.3 cm³/mol. The standard InChI is InChI=1S/C10H12BrNS/c1-6-8(5-12)7-3-2-4-9(11)10(7)13-6/h2-4,6,8H,5,12H2,1H3. The number of nitrogens with two attached hydrogens (primary N) is 1. The van der Waals surface area contributed by atoms with Gasteiger partial charge in [0.05, 0.1) is 0 Å². The Morgan fingerprint density at radius 2 is 2.31 bits per heavy atom. The van der Waals surface area contributed by atoms with E-state index in [1.54, 1.807) is 0 Å². The van der Waals surface area contributed by atoms with Gasteiger partial charge in [-0.25, -0.2) is 0 Å². The number of fused-ring (bicyclic) bond motifs is 1. The molecule has 1 aromatic rings. The third-order valence-corrected chi connectivity index (χ3v) is 4.84. The van der Waals surface area contributed by atoms with Crippen molar-refractivity contribution in [3.63, 3.8) is 0 Å². The zero-order chi connectivity index (χ0) is 9.42. The molecule has 3 heteroatoms. The molecule has 1 nitrogen and oxygen atoms in total. The van der Waals surface area contributed by atoms with E-state index in [1.807, 2.05) is 11.8 Å². The van der Waals surface area contributed by atoms with Gasteiger partial charge in [-0.1, -0.05) is 19.1 Å². The summed E-state index contributed by atoms with van der Waals surface area (Å²) in [4.78, 5) is 1.38. The van der Waals surface area contributed by atoms with Crippen LogP contribution in [0.5, 0.6) is 0 Å². The molecule has 1 heterocycles. The maximum atomic E-state index is 5.76. The van der Waals surface area contributed by atoms with E-state index in [9.17, 15) is 0 Å². The molecular formula is C10H12BrNS. The van der Waals surface area contributed by atoms with Crippen LogP contribution >= 0.6 is 27.7 Å². The van der Waals surface area contributed by atoms with Gasteiger partial charge in [-0.2, -0.15) is 0 Å². The smallest absolute Gasteiger partial charge is 0.0314 e. The van der Waals surface area contributed by atoms with Crippen LogP contribution in [0.3, 0.4) is 0 Å². The summed E-state index contributed by atoms with van der Waals surface area (Å²) in [6.45, 7) is 2.99. The minimum absolute atomic E-state index is 0.525. The molecule has 13 heavy (non-hydrogen) atoms. The Morgan fingerprint density at radius 1 is 1.54 bits per heavy atom. The Kier molecular flexibility index (Phi) is 2.67. The molecule has 0 amide bonds. The van der Waals surface area contributed by atoms with Gasteiger partial charge in [0, 0.05) is 27.1 Å². The molecule has 70 valence electrons. The fourth-order valence-electron chi connectivity index (χ4n) is 1.78. The van der Waals surface area contributed by atoms with Crippen molar-refractivity contribution in [2.75, 3.05) is 6.54 Å². The largest absolute Gasteiger partial charge is 0.330 e. The van der Waals surface area contributed by atoms with Gasteiger partial charge in [-0.15, -0.1) is 11.8 Å². The Hall–Kier alpha value is 0.01000. The summed E-state index contributed by atoms with van der Waals surface area (Å²) in [7, 11) is 0. The number of hydrogen-bond acceptors (Lipinski definition) is 2. The highest BCUT2D eigenvalue weighted by molar-refractivity contribution is 9.10. The van der Waals surface area contributed by atoms with Crippen molar-refractivity contribution >= 4 is 27.7 Å². The summed E-state index contributed by atoms with van der Waals surface area (Å²) < 4.78 is 1.21. The van der Waals surface area contributed by atoms with Gasteiger partial charge in [0.15, 0.2) is 0 Å². The lowest BCUT2D eigenvalue weighted by Crippen LogP contribution is -2.17. The first-order valence-electron chi connectivity index (χ1n) is 4.39. The van der Waals surface area contributed by atoms with Gasteiger partial charge < -0.3 is 5.73 Å². The lowest BCUT2D eigenvalue weighted by molar-refractivity contribution is 0.697. The van der Waals surface area contributed by atoms with Crippen molar-refractivity contribution in [3.8, 4) is 0 Å². The molecule has 2 atom stereocenters. The molecule has 0 aromatic heterocycles. The molecule has 2 rings (SSSR count). The number of thioether (sulfide) groups is 1. The first kappa shape index (κ1) is 9.56. The van der Waals surface area contributed by atoms with Crippen LogP contribution in [-0.4, -0.2) is 11.8 Å². The molecule has 0 saturated carbocycles. The number of halogens is 1. The fourth-order valence-corrected chi connectivity index (χ4v) is 3.77. The highest BCUT2D eigenvalue weighted by atomic mass is 79.9. The van der Waals surface area contributed by atoms with Gasteiger partial charge in [0.25, 0.3) is 0 Å². The molecule has 1 aliphatic heterocycles. The van der Waals surface area contributed by atoms with Crippen LogP contribution < -0.4 is 5.73 Å². The first-order chi connectivity index (χ1) is 6.24. The second-order valence-corrected chi connectivity index (χ2v) is 5.57. The third kappa shape index (κ3) is 1.53. The highest BCUT2D eigenvalue weighted by Gasteiger charge is 2.29. The van der Waals surface area contributed by atoms with Crippen molar-refractivity contribution in [2.45, 2.75) is 23.0 Å². The van der Waals surface area contributed by atoms with Crippen LogP contribution in [0.25, 0.3) is 0 Å². The predicted octanol–water partition coefficient (Wildman–Crippen LogP) is 2.99. The summed E-state index contributed by atoms with van der Waals surface area (Å²) in [5.41, 5.74) is 7.17. The number of benzene rings is 1. The van der Waals surface area contributed by atoms with E-state index >= 15 is 0 Å². The van der Waals surface area contributed by atoms with E-state index in [0.717, 1.165) is 6.54 Å². The van der Waals surface area contributed by atoms with E-state index in [1.165, 1.54) is 14.9 Å². The van der Waals surface area contributed by atoms with E-state index in [0.29, 0.717) is 11.2 Å². The van der Waals surface area contributed by atoms with Crippen LogP contribution in [0.15, 0.2) is 27.6 Å². The zero-order valence-corrected chi connectivity index (χ0v) is 9.86. The maximum Gasteiger partial charge on any atom is 0.0314 e. The number of hydrogen-bond donors (Lipinski definition) is 1. The van der Waals surface area contributed by atoms with Crippen molar-refractivity contribution in [3.05, 3.63) is 28.2 Å². The normalized spacial score (nSPS) is 26.1. The van der Waals surface area contributed by atoms with Gasteiger partial charge in [-0.3, -0.25) is 0 Å². The molecule has 1 aromatic carbocycles. The summed E-state index contributed by atoms with van der Waals surface area (Å²) >= 11 is 5.49. The fraction of sp³-hybridized carbons (Fsp3) is 0.400. The molecule has 1 aliphatic rings. The average molecular weight is 258 g/mol. The van der Waals surface area contributed by atoms with E-state index in [2.05, 4.69) is 41.1 Å². The van der Waals surface area contributed by atoms with Crippen LogP contribution in [-0.2, 0) is 0 Å². The number of rotatable bonds is 1. The van der Waals surface area contributed by atoms with Gasteiger partial charge in [0.1, 0.15) is 0 Å². The molecule has 2 N–H and O–H groups in total. The Balaban J connectivity index is 2.48. The molecule has 0 saturated heterocycles. The topological polar surface area (TPSA) is 26.0 Å². The summed E-state index contributed by atoms with van der Waals surface area (Å²) in [6, 6.07) is 6.37. The second kappa shape index (κ2) is 3.64. The van der Waals surface area contributed by atoms with E-state index in [4.69, 9.17) is 5.73 Å². The van der Waals surface area contributed by atoms with Crippen molar-refractivity contribution in [2.24, 2.45) is 5.73 Å². The lowest BCUT2D eigenvalue weighted by atomic mass is 9.97. The SMILES string of the molecule is CC1Sc2c(Br)cccc2C1CN. The minimum Gasteiger partial charge on any atom is -0.330 e. The molecule has 0 spiro atoms. The first-order valence-corrected chi connectivity index (χ1v) is 6.06. The Morgan fingerprint density at radius 3 is 3.00 bits per heavy atom. The van der Waals surface area contributed by atoms with E-state index in [-0.39, 0.29) is 0 Å². The zero-order valence-electron chi connectivity index (χ0n) is 7.46. The van der Waals surface area contributed by atoms with Crippen LogP contribution in [0.4, 0.5) is 0 Å². The summed E-state index contributed by atoms with van der Waals surface area (Å²) in [5.74, 6) is 0.525. The monoisotopic (exact) mass is 257 g/mol. The molecule has 0 radical (unpaired) electrons. The molecule has 2 unspecified atom stereocenters. The second-order valence-electron chi connectivity index (χ2n) is 3.32. The van der Waals surface area contributed by atoms with Crippen molar-refractivity contribution in [1.29, 1.82) is 0 Å². The summed E-state index contributed by atoms with van der Waals surface area (Å²) in [5, 5.41) is 0.610. The minimum atomic E-state index is 0.525. The van der Waals surface area contributed by atoms with Gasteiger partial charge >= 0.3 is 0 Å². The Labute approximate surface area is 91.2 Å². The van der Waals surface area contributed by atoms with Gasteiger partial charge in [0.2, 0.25) is 0 Å². The Bertz CT molecular complexity index is 327. The molecule has 0 bridgehead atoms. The van der Waals surface area contributed by atoms with Crippen LogP contribution in [0.1, 0.15) is 18.4 Å². The van der Waals surface area contributed by atoms with Crippen molar-refractivity contribution in [1.82, 2.24) is 0 Å². The quantitative estimate of drug-likeness (QED) is 0.838. The van der Waals surface area contributed by atoms with Crippen LogP contribution in [0.2, 0.25) is 0 Å². The third-order valence-electron chi connectivity index (χ3n) is 2.52. The molecular weight excluding hydrogens is 246 g/mol. The molecule has 0 aliphatic carbocycles.